The summed E-state index contributed by atoms with van der Waals surface area (Å²) in [7, 11) is 1.26. The van der Waals surface area contributed by atoms with E-state index in [-0.39, 0.29) is 40.8 Å². The quantitative estimate of drug-likeness (QED) is 0.0859. The Labute approximate surface area is 414 Å². The molecular weight excluding hydrogens is 965 g/mol. The summed E-state index contributed by atoms with van der Waals surface area (Å²) in [5.74, 6) is 3.99. The topological polar surface area (TPSA) is 273 Å². The van der Waals surface area contributed by atoms with E-state index >= 15 is 0 Å². The third kappa shape index (κ3) is 13.9. The van der Waals surface area contributed by atoms with Gasteiger partial charge in [0.15, 0.2) is 32.4 Å². The number of sulfone groups is 1. The first-order chi connectivity index (χ1) is 33.4. The summed E-state index contributed by atoms with van der Waals surface area (Å²) in [4.78, 5) is 27.3. The summed E-state index contributed by atoms with van der Waals surface area (Å²) < 4.78 is 89.5. The number of methoxy groups -OCH3 is 6. The van der Waals surface area contributed by atoms with Gasteiger partial charge in [0.2, 0.25) is 10.0 Å². The highest BCUT2D eigenvalue weighted by atomic mass is 32.2. The molecule has 2 saturated carbocycles. The number of ether oxygens (including phenoxy) is 6. The van der Waals surface area contributed by atoms with Crippen LogP contribution in [0.5, 0.6) is 23.0 Å². The van der Waals surface area contributed by atoms with E-state index in [0.717, 1.165) is 36.8 Å². The second-order valence-corrected chi connectivity index (χ2v) is 21.2. The molecule has 2 aromatic carbocycles. The van der Waals surface area contributed by atoms with Crippen LogP contribution in [0, 0.1) is 19.8 Å². The van der Waals surface area contributed by atoms with Gasteiger partial charge < -0.3 is 39.5 Å². The molecule has 21 nitrogen and oxygen atoms in total. The van der Waals surface area contributed by atoms with Gasteiger partial charge in [-0.15, -0.1) is 10.2 Å². The van der Waals surface area contributed by atoms with Gasteiger partial charge in [-0.1, -0.05) is 12.1 Å². The number of thiocarbonyl (C=S) groups is 1. The molecule has 0 radical (unpaired) electrons. The maximum absolute atomic E-state index is 13.5. The molecule has 5 aromatic rings. The Balaban J connectivity index is 0.000000231. The van der Waals surface area contributed by atoms with E-state index < -0.39 is 42.6 Å². The van der Waals surface area contributed by atoms with Gasteiger partial charge in [-0.05, 0) is 101 Å². The fourth-order valence-electron chi connectivity index (χ4n) is 7.01. The number of sulfonamides is 1. The van der Waals surface area contributed by atoms with Crippen LogP contribution in [0.15, 0.2) is 61.2 Å². The summed E-state index contributed by atoms with van der Waals surface area (Å²) in [6, 6.07) is 10.5. The van der Waals surface area contributed by atoms with Gasteiger partial charge in [0.1, 0.15) is 69.2 Å². The maximum atomic E-state index is 13.5. The molecule has 3 heterocycles. The highest BCUT2D eigenvalue weighted by molar-refractivity contribution is 7.92. The average Bonchev–Trinajstić information content (AvgIpc) is 4.31. The number of benzene rings is 2. The molecular formula is C46H62N10O11S3. The van der Waals surface area contributed by atoms with Crippen LogP contribution < -0.4 is 34.7 Å². The molecule has 0 bridgehead atoms. The monoisotopic (exact) mass is 1030 g/mol. The molecule has 0 spiro atoms. The molecule has 4 atom stereocenters. The number of rotatable bonds is 20. The Morgan fingerprint density at radius 3 is 1.59 bits per heavy atom. The van der Waals surface area contributed by atoms with Crippen molar-refractivity contribution in [2.45, 2.75) is 87.8 Å². The van der Waals surface area contributed by atoms with Crippen molar-refractivity contribution in [3.8, 4) is 28.7 Å². The van der Waals surface area contributed by atoms with Gasteiger partial charge >= 0.3 is 0 Å². The number of nitrogens with zero attached hydrogens (tertiary/aromatic N) is 7. The first kappa shape index (κ1) is 55.0. The third-order valence-corrected chi connectivity index (χ3v) is 15.4. The molecule has 70 heavy (non-hydrogen) atoms. The van der Waals surface area contributed by atoms with E-state index in [9.17, 15) is 21.6 Å². The fourth-order valence-corrected chi connectivity index (χ4v) is 9.93. The number of Topliss-reactive ketones (excluding diaryl/α,β-unsaturated/α-hetero) is 1. The zero-order valence-electron chi connectivity index (χ0n) is 40.9. The summed E-state index contributed by atoms with van der Waals surface area (Å²) in [5, 5.41) is 9.39. The number of aromatic nitrogens is 7. The van der Waals surface area contributed by atoms with Crippen LogP contribution >= 0.6 is 12.2 Å². The average molecular weight is 1030 g/mol. The molecule has 3 aromatic heterocycles. The zero-order valence-corrected chi connectivity index (χ0v) is 43.4. The minimum absolute atomic E-state index is 0.140. The minimum atomic E-state index is -3.93. The van der Waals surface area contributed by atoms with Crippen LogP contribution in [0.25, 0.3) is 5.69 Å². The Hall–Kier alpha value is -5.92. The minimum Gasteiger partial charge on any atom is -0.494 e. The van der Waals surface area contributed by atoms with Crippen molar-refractivity contribution in [3.05, 3.63) is 95.6 Å². The predicted molar refractivity (Wildman–Crippen MR) is 266 cm³/mol. The number of nitrogens with two attached hydrogens (primary N) is 1. The molecule has 0 amide bonds. The van der Waals surface area contributed by atoms with Crippen LogP contribution in [-0.2, 0) is 39.9 Å². The number of hydrogen-bond donors (Lipinski definition) is 3. The molecule has 2 fully saturated rings. The van der Waals surface area contributed by atoms with Crippen LogP contribution in [0.3, 0.4) is 0 Å². The van der Waals surface area contributed by atoms with Gasteiger partial charge in [0.25, 0.3) is 0 Å². The normalized spacial score (nSPS) is 15.1. The lowest BCUT2D eigenvalue weighted by molar-refractivity contribution is -0.118. The van der Waals surface area contributed by atoms with Crippen molar-refractivity contribution < 1.29 is 50.1 Å². The molecule has 4 N–H and O–H groups in total. The SMILES string of the molecule is COc1cccc(OC)c1-n1c(CS(=O)(=O)[C@@H](C)[C@H](OC)c2ncc(C)cn2)nnc1C1CC1.COc1cccc(OC)c1NC(=S)NS(=O)(=O)[C@@H](C)[C@H](OC)c1ncc(C)cn1.NCC(=O)C1CC1. The zero-order chi connectivity index (χ0) is 51.3. The lowest BCUT2D eigenvalue weighted by Crippen LogP contribution is -2.42. The highest BCUT2D eigenvalue weighted by Gasteiger charge is 2.38. The van der Waals surface area contributed by atoms with E-state index in [0.29, 0.717) is 51.9 Å². The van der Waals surface area contributed by atoms with Crippen molar-refractivity contribution in [3.63, 3.8) is 0 Å². The number of ketones is 1. The smallest absolute Gasteiger partial charge is 0.240 e. The molecule has 0 saturated heterocycles. The second kappa shape index (κ2) is 24.8. The number of para-hydroxylation sites is 2. The first-order valence-electron chi connectivity index (χ1n) is 22.1. The van der Waals surface area contributed by atoms with Crippen molar-refractivity contribution in [1.82, 2.24) is 39.4 Å². The van der Waals surface area contributed by atoms with Crippen LogP contribution in [0.1, 0.15) is 92.1 Å². The Bertz CT molecular complexity index is 2730. The lowest BCUT2D eigenvalue weighted by atomic mass is 10.2. The van der Waals surface area contributed by atoms with Crippen molar-refractivity contribution in [1.29, 1.82) is 0 Å². The summed E-state index contributed by atoms with van der Waals surface area (Å²) in [6.45, 7) is 7.03. The molecule has 0 aliphatic heterocycles. The van der Waals surface area contributed by atoms with Crippen molar-refractivity contribution >= 4 is 48.7 Å². The van der Waals surface area contributed by atoms with Gasteiger partial charge in [-0.3, -0.25) is 14.1 Å². The Morgan fingerprint density at radius 2 is 1.19 bits per heavy atom. The number of nitrogens with one attached hydrogen (secondary N) is 2. The first-order valence-corrected chi connectivity index (χ1v) is 25.8. The van der Waals surface area contributed by atoms with Crippen LogP contribution in [0.2, 0.25) is 0 Å². The lowest BCUT2D eigenvalue weighted by Gasteiger charge is -2.23. The standard InChI is InChI=1S/C23H29N5O5S.C18H24N4O5S2.C5H9NO/c1-14-11-24-22(25-12-14)21(33-5)15(2)34(29,30)13-19-26-27-23(16-9-10-16)28(19)20-17(31-3)7-6-8-18(20)32-4;1-11-9-19-17(20-10-11)16(27-5)12(2)29(23,24)22-18(28)21-15-13(25-3)7-6-8-14(15)26-4;6-3-5(7)4-1-2-4/h6-8,11-12,15-16,21H,9-10,13H2,1-5H3;6-10,12,16H,1-5H3,(H2,21,22,28);4H,1-3,6H2/t15-,21-;12-,16-;/m00./s1. The molecule has 380 valence electrons. The Morgan fingerprint density at radius 1 is 0.729 bits per heavy atom. The van der Waals surface area contributed by atoms with E-state index in [4.69, 9.17) is 46.4 Å². The molecule has 24 heteroatoms. The predicted octanol–water partition coefficient (Wildman–Crippen LogP) is 5.07. The van der Waals surface area contributed by atoms with Gasteiger partial charge in [0, 0.05) is 50.8 Å². The maximum Gasteiger partial charge on any atom is 0.240 e. The molecule has 7 rings (SSSR count). The van der Waals surface area contributed by atoms with E-state index in [2.05, 4.69) is 40.2 Å². The van der Waals surface area contributed by atoms with E-state index in [1.807, 2.05) is 19.9 Å². The number of carbonyl (C=O) groups excluding carboxylic acids is 1. The summed E-state index contributed by atoms with van der Waals surface area (Å²) >= 11 is 5.19. The second-order valence-electron chi connectivity index (χ2n) is 16.4. The molecule has 2 aliphatic rings. The van der Waals surface area contributed by atoms with Gasteiger partial charge in [-0.25, -0.2) is 36.8 Å². The summed E-state index contributed by atoms with van der Waals surface area (Å²) in [5.41, 5.74) is 7.79. The van der Waals surface area contributed by atoms with Crippen LogP contribution in [-0.4, -0.2) is 122 Å². The fraction of sp³-hybridized carbons (Fsp3) is 0.478. The van der Waals surface area contributed by atoms with Crippen LogP contribution in [0.4, 0.5) is 5.69 Å². The highest BCUT2D eigenvalue weighted by Crippen LogP contribution is 2.43. The third-order valence-electron chi connectivity index (χ3n) is 11.3. The summed E-state index contributed by atoms with van der Waals surface area (Å²) in [6.07, 6.45) is 8.86. The van der Waals surface area contributed by atoms with Gasteiger partial charge in [-0.2, -0.15) is 0 Å². The van der Waals surface area contributed by atoms with Crippen molar-refractivity contribution in [2.75, 3.05) is 54.5 Å². The number of aryl methyl sites for hydroxylation is 2. The van der Waals surface area contributed by atoms with Gasteiger partial charge in [0.05, 0.1) is 40.2 Å². The van der Waals surface area contributed by atoms with E-state index in [1.165, 1.54) is 35.4 Å². The number of carbonyl (C=O) groups is 1. The largest absolute Gasteiger partial charge is 0.494 e. The van der Waals surface area contributed by atoms with Crippen molar-refractivity contribution in [2.24, 2.45) is 11.7 Å². The number of hydrogen-bond acceptors (Lipinski definition) is 19. The molecule has 2 aliphatic carbocycles. The Kier molecular flexibility index (Phi) is 19.5. The molecule has 0 unspecified atom stereocenters. The van der Waals surface area contributed by atoms with E-state index in [1.54, 1.807) is 80.8 Å². The number of anilines is 1.